The summed E-state index contributed by atoms with van der Waals surface area (Å²) in [6, 6.07) is 14.6. The van der Waals surface area contributed by atoms with E-state index in [0.29, 0.717) is 12.5 Å². The third-order valence-electron chi connectivity index (χ3n) is 5.51. The summed E-state index contributed by atoms with van der Waals surface area (Å²) < 4.78 is 0.844. The number of piperidine rings is 1. The van der Waals surface area contributed by atoms with Crippen LogP contribution in [-0.4, -0.2) is 39.9 Å². The molecule has 1 atom stereocenters. The summed E-state index contributed by atoms with van der Waals surface area (Å²) in [5, 5.41) is 3.37. The van der Waals surface area contributed by atoms with E-state index >= 15 is 0 Å². The average molecular weight is 465 g/mol. The van der Waals surface area contributed by atoms with Gasteiger partial charge < -0.3 is 10.2 Å². The topological polar surface area (TPSA) is 58.1 Å². The van der Waals surface area contributed by atoms with Gasteiger partial charge in [-0.15, -0.1) is 0 Å². The van der Waals surface area contributed by atoms with E-state index in [1.165, 1.54) is 5.56 Å². The smallest absolute Gasteiger partial charge is 0.254 e. The van der Waals surface area contributed by atoms with E-state index in [4.69, 9.17) is 0 Å². The second kappa shape index (κ2) is 8.96. The number of likely N-dealkylation sites (tertiary alicyclic amines) is 1. The van der Waals surface area contributed by atoms with E-state index in [2.05, 4.69) is 62.4 Å². The Kier molecular flexibility index (Phi) is 6.13. The molecule has 6 heteroatoms. The number of benzene rings is 2. The van der Waals surface area contributed by atoms with Crippen molar-refractivity contribution in [1.29, 1.82) is 0 Å². The molecule has 1 aromatic heterocycles. The Labute approximate surface area is 185 Å². The second-order valence-corrected chi connectivity index (χ2v) is 8.74. The van der Waals surface area contributed by atoms with Gasteiger partial charge in [-0.2, -0.15) is 0 Å². The van der Waals surface area contributed by atoms with Gasteiger partial charge in [0.05, 0.1) is 10.0 Å². The Morgan fingerprint density at radius 3 is 2.57 bits per heavy atom. The number of rotatable bonds is 4. The molecule has 0 saturated carbocycles. The van der Waals surface area contributed by atoms with E-state index in [1.807, 2.05) is 30.0 Å². The number of carbonyl (C=O) groups is 1. The fourth-order valence-electron chi connectivity index (χ4n) is 3.93. The largest absolute Gasteiger partial charge is 0.350 e. The number of aromatic nitrogens is 2. The molecule has 1 fully saturated rings. The summed E-state index contributed by atoms with van der Waals surface area (Å²) >= 11 is 3.36. The number of carbonyl (C=O) groups excluding carboxylic acids is 1. The van der Waals surface area contributed by atoms with Gasteiger partial charge in [0.25, 0.3) is 5.91 Å². The lowest BCUT2D eigenvalue weighted by atomic mass is 9.93. The molecule has 3 aromatic rings. The van der Waals surface area contributed by atoms with Crippen LogP contribution in [0.25, 0.3) is 11.1 Å². The van der Waals surface area contributed by atoms with E-state index < -0.39 is 0 Å². The molecule has 4 rings (SSSR count). The van der Waals surface area contributed by atoms with Gasteiger partial charge in [-0.25, -0.2) is 9.97 Å². The van der Waals surface area contributed by atoms with Crippen molar-refractivity contribution in [2.75, 3.05) is 18.4 Å². The molecular formula is C24H25BrN4O. The van der Waals surface area contributed by atoms with Gasteiger partial charge in [-0.05, 0) is 59.3 Å². The highest BCUT2D eigenvalue weighted by Gasteiger charge is 2.27. The molecule has 1 aliphatic rings. The SMILES string of the molecule is Cc1ccc(-c2cccc(C)c2C(=O)N2CCC[C@@H](Nc3ncc(Br)cn3)C2)cc1. The predicted octanol–water partition coefficient (Wildman–Crippen LogP) is 5.24. The van der Waals surface area contributed by atoms with Crippen LogP contribution in [0.4, 0.5) is 5.95 Å². The summed E-state index contributed by atoms with van der Waals surface area (Å²) in [6.45, 7) is 5.49. The van der Waals surface area contributed by atoms with Gasteiger partial charge in [-0.1, -0.05) is 48.0 Å². The maximum Gasteiger partial charge on any atom is 0.254 e. The molecule has 0 bridgehead atoms. The van der Waals surface area contributed by atoms with Crippen LogP contribution in [0.1, 0.15) is 34.3 Å². The number of amides is 1. The van der Waals surface area contributed by atoms with E-state index in [-0.39, 0.29) is 11.9 Å². The molecule has 0 radical (unpaired) electrons. The molecule has 1 saturated heterocycles. The van der Waals surface area contributed by atoms with Crippen LogP contribution in [-0.2, 0) is 0 Å². The zero-order chi connectivity index (χ0) is 21.1. The number of aryl methyl sites for hydroxylation is 2. The fourth-order valence-corrected chi connectivity index (χ4v) is 4.14. The zero-order valence-electron chi connectivity index (χ0n) is 17.2. The summed E-state index contributed by atoms with van der Waals surface area (Å²) in [7, 11) is 0. The first-order valence-corrected chi connectivity index (χ1v) is 11.0. The molecule has 0 spiro atoms. The lowest BCUT2D eigenvalue weighted by Gasteiger charge is -2.34. The maximum absolute atomic E-state index is 13.6. The highest BCUT2D eigenvalue weighted by Crippen LogP contribution is 2.29. The van der Waals surface area contributed by atoms with Gasteiger partial charge in [0.1, 0.15) is 0 Å². The maximum atomic E-state index is 13.6. The first-order chi connectivity index (χ1) is 14.5. The summed E-state index contributed by atoms with van der Waals surface area (Å²) in [5.41, 5.74) is 5.07. The predicted molar refractivity (Wildman–Crippen MR) is 124 cm³/mol. The van der Waals surface area contributed by atoms with Crippen molar-refractivity contribution in [2.24, 2.45) is 0 Å². The lowest BCUT2D eigenvalue weighted by Crippen LogP contribution is -2.45. The molecule has 1 aliphatic heterocycles. The highest BCUT2D eigenvalue weighted by atomic mass is 79.9. The average Bonchev–Trinajstić information content (AvgIpc) is 2.75. The molecule has 30 heavy (non-hydrogen) atoms. The van der Waals surface area contributed by atoms with Crippen LogP contribution in [0.15, 0.2) is 59.3 Å². The Bertz CT molecular complexity index is 1030. The molecule has 2 aromatic carbocycles. The molecule has 1 N–H and O–H groups in total. The third-order valence-corrected chi connectivity index (χ3v) is 5.92. The highest BCUT2D eigenvalue weighted by molar-refractivity contribution is 9.10. The van der Waals surface area contributed by atoms with E-state index in [9.17, 15) is 4.79 Å². The van der Waals surface area contributed by atoms with Gasteiger partial charge >= 0.3 is 0 Å². The number of halogens is 1. The molecule has 2 heterocycles. The van der Waals surface area contributed by atoms with Gasteiger partial charge in [-0.3, -0.25) is 4.79 Å². The number of hydrogen-bond acceptors (Lipinski definition) is 4. The first kappa shape index (κ1) is 20.5. The molecular weight excluding hydrogens is 440 g/mol. The van der Waals surface area contributed by atoms with Crippen molar-refractivity contribution in [2.45, 2.75) is 32.7 Å². The minimum atomic E-state index is 0.0897. The van der Waals surface area contributed by atoms with Crippen LogP contribution in [0, 0.1) is 13.8 Å². The van der Waals surface area contributed by atoms with Gasteiger partial charge in [0, 0.05) is 31.5 Å². The Morgan fingerprint density at radius 1 is 1.10 bits per heavy atom. The van der Waals surface area contributed by atoms with Crippen molar-refractivity contribution in [3.05, 3.63) is 76.0 Å². The van der Waals surface area contributed by atoms with Crippen molar-refractivity contribution in [1.82, 2.24) is 14.9 Å². The van der Waals surface area contributed by atoms with Crippen molar-refractivity contribution < 1.29 is 4.79 Å². The van der Waals surface area contributed by atoms with Crippen molar-refractivity contribution >= 4 is 27.8 Å². The number of nitrogens with one attached hydrogen (secondary N) is 1. The summed E-state index contributed by atoms with van der Waals surface area (Å²) in [6.07, 6.45) is 5.39. The Balaban J connectivity index is 1.56. The van der Waals surface area contributed by atoms with Gasteiger partial charge in [0.15, 0.2) is 0 Å². The fraction of sp³-hybridized carbons (Fsp3) is 0.292. The van der Waals surface area contributed by atoms with Crippen LogP contribution in [0.3, 0.4) is 0 Å². The monoisotopic (exact) mass is 464 g/mol. The van der Waals surface area contributed by atoms with Crippen LogP contribution < -0.4 is 5.32 Å². The Morgan fingerprint density at radius 2 is 1.83 bits per heavy atom. The van der Waals surface area contributed by atoms with Crippen LogP contribution in [0.5, 0.6) is 0 Å². The third kappa shape index (κ3) is 4.54. The Hall–Kier alpha value is -2.73. The minimum Gasteiger partial charge on any atom is -0.350 e. The quantitative estimate of drug-likeness (QED) is 0.573. The van der Waals surface area contributed by atoms with E-state index in [0.717, 1.165) is 46.1 Å². The first-order valence-electron chi connectivity index (χ1n) is 10.2. The van der Waals surface area contributed by atoms with E-state index in [1.54, 1.807) is 12.4 Å². The zero-order valence-corrected chi connectivity index (χ0v) is 18.8. The number of anilines is 1. The van der Waals surface area contributed by atoms with Crippen molar-refractivity contribution in [3.8, 4) is 11.1 Å². The number of hydrogen-bond donors (Lipinski definition) is 1. The van der Waals surface area contributed by atoms with Crippen molar-refractivity contribution in [3.63, 3.8) is 0 Å². The lowest BCUT2D eigenvalue weighted by molar-refractivity contribution is 0.0714. The van der Waals surface area contributed by atoms with Crippen LogP contribution in [0.2, 0.25) is 0 Å². The minimum absolute atomic E-state index is 0.0897. The number of nitrogens with zero attached hydrogens (tertiary/aromatic N) is 3. The summed E-state index contributed by atoms with van der Waals surface area (Å²) in [5.74, 6) is 0.681. The standard InChI is InChI=1S/C24H25BrN4O/c1-16-8-10-18(11-9-16)21-7-3-5-17(2)22(21)23(30)29-12-4-6-20(15-29)28-24-26-13-19(25)14-27-24/h3,5,7-11,13-14,20H,4,6,12,15H2,1-2H3,(H,26,27,28)/t20-/m1/s1. The normalized spacial score (nSPS) is 16.4. The molecule has 0 aliphatic carbocycles. The molecule has 0 unspecified atom stereocenters. The molecule has 1 amide bonds. The molecule has 5 nitrogen and oxygen atoms in total. The van der Waals surface area contributed by atoms with Gasteiger partial charge in [0.2, 0.25) is 5.95 Å². The molecule has 154 valence electrons. The second-order valence-electron chi connectivity index (χ2n) is 7.82. The van der Waals surface area contributed by atoms with Crippen LogP contribution >= 0.6 is 15.9 Å². The summed E-state index contributed by atoms with van der Waals surface area (Å²) in [4.78, 5) is 24.1.